The fourth-order valence-corrected chi connectivity index (χ4v) is 4.46. The minimum Gasteiger partial charge on any atom is -0.368 e. The number of nitrogens with zero attached hydrogens (tertiary/aromatic N) is 3. The Labute approximate surface area is 205 Å². The number of hydrogen-bond acceptors (Lipinski definition) is 5. The van der Waals surface area contributed by atoms with Crippen LogP contribution in [0.1, 0.15) is 26.3 Å². The Hall–Kier alpha value is -2.32. The van der Waals surface area contributed by atoms with Crippen LogP contribution in [0.15, 0.2) is 36.4 Å². The third-order valence-corrected chi connectivity index (χ3v) is 6.53. The summed E-state index contributed by atoms with van der Waals surface area (Å²) in [5.41, 5.74) is 7.98. The van der Waals surface area contributed by atoms with Crippen molar-refractivity contribution in [2.24, 2.45) is 5.73 Å². The van der Waals surface area contributed by atoms with Gasteiger partial charge in [0.1, 0.15) is 0 Å². The number of piperazine rings is 1. The maximum Gasteiger partial charge on any atom is 0.251 e. The van der Waals surface area contributed by atoms with Gasteiger partial charge in [-0.3, -0.25) is 14.5 Å². The molecule has 1 heterocycles. The molecule has 33 heavy (non-hydrogen) atoms. The molecule has 1 aliphatic rings. The quantitative estimate of drug-likeness (QED) is 0.563. The van der Waals surface area contributed by atoms with Gasteiger partial charge in [0, 0.05) is 67.1 Å². The molecular weight excluding hydrogens is 461 g/mol. The molecule has 1 fully saturated rings. The maximum absolute atomic E-state index is 12.7. The molecule has 0 bridgehead atoms. The number of halogens is 2. The van der Waals surface area contributed by atoms with Crippen molar-refractivity contribution in [1.29, 1.82) is 0 Å². The van der Waals surface area contributed by atoms with Gasteiger partial charge in [-0.05, 0) is 56.4 Å². The number of amides is 2. The van der Waals surface area contributed by atoms with Crippen LogP contribution in [0.2, 0.25) is 10.0 Å². The van der Waals surface area contributed by atoms with Gasteiger partial charge in [0.2, 0.25) is 0 Å². The van der Waals surface area contributed by atoms with E-state index in [0.29, 0.717) is 34.1 Å². The van der Waals surface area contributed by atoms with Gasteiger partial charge < -0.3 is 20.9 Å². The predicted octanol–water partition coefficient (Wildman–Crippen LogP) is 2.75. The van der Waals surface area contributed by atoms with Crippen molar-refractivity contribution < 1.29 is 9.59 Å². The lowest BCUT2D eigenvalue weighted by Gasteiger charge is -2.37. The summed E-state index contributed by atoms with van der Waals surface area (Å²) in [5.74, 6) is -0.821. The predicted molar refractivity (Wildman–Crippen MR) is 135 cm³/mol. The molecule has 1 saturated heterocycles. The molecule has 0 radical (unpaired) electrons. The Morgan fingerprint density at radius 2 is 1.73 bits per heavy atom. The average Bonchev–Trinajstić information content (AvgIpc) is 2.79. The molecule has 1 aliphatic heterocycles. The summed E-state index contributed by atoms with van der Waals surface area (Å²) in [4.78, 5) is 31.6. The van der Waals surface area contributed by atoms with Gasteiger partial charge in [-0.1, -0.05) is 29.3 Å². The first-order valence-corrected chi connectivity index (χ1v) is 11.8. The van der Waals surface area contributed by atoms with Gasteiger partial charge in [-0.15, -0.1) is 0 Å². The third kappa shape index (κ3) is 6.84. The Balaban J connectivity index is 1.62. The zero-order valence-corrected chi connectivity index (χ0v) is 20.6. The van der Waals surface area contributed by atoms with Crippen molar-refractivity contribution in [3.63, 3.8) is 0 Å². The van der Waals surface area contributed by atoms with E-state index >= 15 is 0 Å². The Bertz CT molecular complexity index is 971. The monoisotopic (exact) mass is 491 g/mol. The first-order valence-electron chi connectivity index (χ1n) is 11.0. The van der Waals surface area contributed by atoms with Crippen LogP contribution in [0.3, 0.4) is 0 Å². The van der Waals surface area contributed by atoms with Crippen molar-refractivity contribution in [2.75, 3.05) is 64.8 Å². The highest BCUT2D eigenvalue weighted by atomic mass is 35.5. The van der Waals surface area contributed by atoms with Gasteiger partial charge in [0.05, 0.1) is 5.56 Å². The third-order valence-electron chi connectivity index (χ3n) is 5.82. The van der Waals surface area contributed by atoms with Crippen LogP contribution in [0.25, 0.3) is 0 Å². The van der Waals surface area contributed by atoms with Crippen LogP contribution in [-0.4, -0.2) is 81.5 Å². The Morgan fingerprint density at radius 1 is 1.06 bits per heavy atom. The second-order valence-electron chi connectivity index (χ2n) is 8.43. The highest BCUT2D eigenvalue weighted by Crippen LogP contribution is 2.25. The fraction of sp³-hybridized carbons (Fsp3) is 0.417. The number of anilines is 1. The first kappa shape index (κ1) is 25.3. The van der Waals surface area contributed by atoms with Gasteiger partial charge in [-0.25, -0.2) is 0 Å². The number of nitrogens with two attached hydrogens (primary N) is 1. The average molecular weight is 492 g/mol. The van der Waals surface area contributed by atoms with Crippen molar-refractivity contribution >= 4 is 40.7 Å². The zero-order chi connectivity index (χ0) is 24.0. The van der Waals surface area contributed by atoms with Crippen LogP contribution in [-0.2, 0) is 6.42 Å². The second-order valence-corrected chi connectivity index (χ2v) is 9.25. The first-order chi connectivity index (χ1) is 15.8. The molecule has 0 aliphatic carbocycles. The smallest absolute Gasteiger partial charge is 0.251 e. The molecule has 2 amide bonds. The summed E-state index contributed by atoms with van der Waals surface area (Å²) in [6.07, 6.45) is 0.503. The topological polar surface area (TPSA) is 81.9 Å². The van der Waals surface area contributed by atoms with Crippen molar-refractivity contribution in [3.05, 3.63) is 63.1 Å². The molecule has 7 nitrogen and oxygen atoms in total. The van der Waals surface area contributed by atoms with E-state index in [9.17, 15) is 9.59 Å². The van der Waals surface area contributed by atoms with Crippen molar-refractivity contribution in [2.45, 2.75) is 6.42 Å². The van der Waals surface area contributed by atoms with E-state index in [4.69, 9.17) is 28.9 Å². The molecular formula is C24H31Cl2N5O2. The molecule has 3 rings (SSSR count). The van der Waals surface area contributed by atoms with Crippen LogP contribution < -0.4 is 16.0 Å². The van der Waals surface area contributed by atoms with Gasteiger partial charge >= 0.3 is 0 Å². The van der Waals surface area contributed by atoms with Gasteiger partial charge in [0.25, 0.3) is 11.8 Å². The normalized spacial score (nSPS) is 14.5. The standard InChI is InChI=1S/C24H31Cl2N5O2/c1-29(2)10-11-30-12-14-31(15-13-30)22-7-6-17(16-19(22)23(27)32)24(33)28-9-8-18-20(25)4-3-5-21(18)26/h3-7,16H,8-15H2,1-2H3,(H2,27,32)(H,28,33). The van der Waals surface area contributed by atoms with Crippen LogP contribution in [0.5, 0.6) is 0 Å². The van der Waals surface area contributed by atoms with Crippen molar-refractivity contribution in [1.82, 2.24) is 15.1 Å². The van der Waals surface area contributed by atoms with E-state index in [0.717, 1.165) is 50.5 Å². The largest absolute Gasteiger partial charge is 0.368 e. The number of carbonyl (C=O) groups excluding carboxylic acids is 2. The van der Waals surface area contributed by atoms with Gasteiger partial charge in [-0.2, -0.15) is 0 Å². The van der Waals surface area contributed by atoms with Crippen LogP contribution >= 0.6 is 23.2 Å². The van der Waals surface area contributed by atoms with Crippen molar-refractivity contribution in [3.8, 4) is 0 Å². The molecule has 0 aromatic heterocycles. The molecule has 0 saturated carbocycles. The summed E-state index contributed by atoms with van der Waals surface area (Å²) in [5, 5.41) is 4.00. The zero-order valence-electron chi connectivity index (χ0n) is 19.1. The lowest BCUT2D eigenvalue weighted by Crippen LogP contribution is -2.48. The van der Waals surface area contributed by atoms with E-state index in [2.05, 4.69) is 34.1 Å². The highest BCUT2D eigenvalue weighted by Gasteiger charge is 2.22. The number of carbonyl (C=O) groups is 2. The molecule has 0 unspecified atom stereocenters. The number of hydrogen-bond donors (Lipinski definition) is 2. The number of primary amides is 1. The molecule has 0 atom stereocenters. The Kier molecular flexibility index (Phi) is 8.97. The molecule has 2 aromatic rings. The fourth-order valence-electron chi connectivity index (χ4n) is 3.88. The molecule has 2 aromatic carbocycles. The highest BCUT2D eigenvalue weighted by molar-refractivity contribution is 6.36. The molecule has 0 spiro atoms. The molecule has 178 valence electrons. The summed E-state index contributed by atoms with van der Waals surface area (Å²) in [7, 11) is 4.14. The van der Waals surface area contributed by atoms with Crippen LogP contribution in [0, 0.1) is 0 Å². The second kappa shape index (κ2) is 11.7. The number of rotatable bonds is 9. The summed E-state index contributed by atoms with van der Waals surface area (Å²) >= 11 is 12.4. The molecule has 9 heteroatoms. The van der Waals surface area contributed by atoms with E-state index in [1.807, 2.05) is 6.07 Å². The number of nitrogens with one attached hydrogen (secondary N) is 1. The molecule has 3 N–H and O–H groups in total. The number of benzene rings is 2. The summed E-state index contributed by atoms with van der Waals surface area (Å²) in [6.45, 7) is 5.83. The van der Waals surface area contributed by atoms with Crippen LogP contribution in [0.4, 0.5) is 5.69 Å². The Morgan fingerprint density at radius 3 is 2.33 bits per heavy atom. The minimum atomic E-state index is -0.544. The van der Waals surface area contributed by atoms with E-state index in [1.165, 1.54) is 0 Å². The SMILES string of the molecule is CN(C)CCN1CCN(c2ccc(C(=O)NCCc3c(Cl)cccc3Cl)cc2C(N)=O)CC1. The lowest BCUT2D eigenvalue weighted by atomic mass is 10.1. The van der Waals surface area contributed by atoms with E-state index < -0.39 is 5.91 Å². The van der Waals surface area contributed by atoms with E-state index in [-0.39, 0.29) is 5.91 Å². The number of likely N-dealkylation sites (N-methyl/N-ethyl adjacent to an activating group) is 1. The maximum atomic E-state index is 12.7. The lowest BCUT2D eigenvalue weighted by molar-refractivity contribution is 0.0954. The van der Waals surface area contributed by atoms with E-state index in [1.54, 1.807) is 30.3 Å². The summed E-state index contributed by atoms with van der Waals surface area (Å²) < 4.78 is 0. The van der Waals surface area contributed by atoms with Gasteiger partial charge in [0.15, 0.2) is 0 Å². The minimum absolute atomic E-state index is 0.277. The summed E-state index contributed by atoms with van der Waals surface area (Å²) in [6, 6.07) is 10.4.